The Morgan fingerprint density at radius 2 is 2.33 bits per heavy atom. The minimum atomic E-state index is -0.411. The highest BCUT2D eigenvalue weighted by Crippen LogP contribution is 2.32. The quantitative estimate of drug-likeness (QED) is 0.566. The first-order valence-corrected chi connectivity index (χ1v) is 5.12. The maximum absolute atomic E-state index is 11.6. The van der Waals surface area contributed by atoms with Gasteiger partial charge in [0.15, 0.2) is 0 Å². The molecule has 0 aromatic heterocycles. The lowest BCUT2D eigenvalue weighted by molar-refractivity contribution is -0.159. The Kier molecular flexibility index (Phi) is 2.65. The first-order chi connectivity index (χ1) is 7.15. The van der Waals surface area contributed by atoms with Gasteiger partial charge in [-0.2, -0.15) is 0 Å². The smallest absolute Gasteiger partial charge is 0.328 e. The molecule has 0 aliphatic carbocycles. The van der Waals surface area contributed by atoms with E-state index in [9.17, 15) is 9.59 Å². The summed E-state index contributed by atoms with van der Waals surface area (Å²) in [6.07, 6.45) is 0.673. The molecule has 2 aliphatic rings. The fraction of sp³-hybridized carbons (Fsp3) is 0.800. The molecule has 5 heteroatoms. The van der Waals surface area contributed by atoms with Crippen LogP contribution in [-0.4, -0.2) is 49.2 Å². The molecule has 5 nitrogen and oxygen atoms in total. The Labute approximate surface area is 88.3 Å². The molecule has 2 aliphatic heterocycles. The van der Waals surface area contributed by atoms with Crippen molar-refractivity contribution in [2.75, 3.05) is 20.3 Å². The molecule has 2 heterocycles. The molecule has 2 rings (SSSR count). The number of ether oxygens (including phenoxy) is 2. The third-order valence-corrected chi connectivity index (χ3v) is 3.22. The number of esters is 1. The second-order valence-electron chi connectivity index (χ2n) is 4.14. The molecule has 2 fully saturated rings. The van der Waals surface area contributed by atoms with Crippen LogP contribution in [0, 0.1) is 5.92 Å². The van der Waals surface area contributed by atoms with Crippen LogP contribution in [0.1, 0.15) is 13.3 Å². The number of hydrogen-bond donors (Lipinski definition) is 0. The van der Waals surface area contributed by atoms with Crippen LogP contribution in [0.3, 0.4) is 0 Å². The molecule has 0 aromatic carbocycles. The van der Waals surface area contributed by atoms with E-state index in [4.69, 9.17) is 9.47 Å². The summed E-state index contributed by atoms with van der Waals surface area (Å²) in [7, 11) is 1.35. The topological polar surface area (TPSA) is 55.8 Å². The van der Waals surface area contributed by atoms with Crippen LogP contribution in [0.4, 0.5) is 0 Å². The molecular weight excluding hydrogens is 198 g/mol. The summed E-state index contributed by atoms with van der Waals surface area (Å²) in [4.78, 5) is 24.8. The average molecular weight is 213 g/mol. The van der Waals surface area contributed by atoms with Gasteiger partial charge in [0.05, 0.1) is 19.8 Å². The standard InChI is InChI=1S/C10H15NO4/c1-6-3-7(10(13)14-2)11-8(6)4-15-5-9(11)12/h6-8H,3-5H2,1-2H3/t6-,7+,8-/m1/s1. The number of rotatable bonds is 1. The Bertz CT molecular complexity index is 291. The van der Waals surface area contributed by atoms with Crippen molar-refractivity contribution in [3.05, 3.63) is 0 Å². The molecule has 0 aromatic rings. The molecule has 0 unspecified atom stereocenters. The molecule has 0 N–H and O–H groups in total. The maximum Gasteiger partial charge on any atom is 0.328 e. The number of hydrogen-bond acceptors (Lipinski definition) is 4. The highest BCUT2D eigenvalue weighted by molar-refractivity contribution is 5.86. The minimum Gasteiger partial charge on any atom is -0.467 e. The van der Waals surface area contributed by atoms with Crippen LogP contribution in [0.2, 0.25) is 0 Å². The monoisotopic (exact) mass is 213 g/mol. The molecule has 3 atom stereocenters. The molecule has 15 heavy (non-hydrogen) atoms. The number of methoxy groups -OCH3 is 1. The van der Waals surface area contributed by atoms with Gasteiger partial charge in [0.2, 0.25) is 5.91 Å². The van der Waals surface area contributed by atoms with Crippen molar-refractivity contribution in [1.82, 2.24) is 4.90 Å². The van der Waals surface area contributed by atoms with Crippen LogP contribution in [0.25, 0.3) is 0 Å². The predicted octanol–water partition coefficient (Wildman–Crippen LogP) is -0.205. The predicted molar refractivity (Wildman–Crippen MR) is 51.0 cm³/mol. The number of amides is 1. The van der Waals surface area contributed by atoms with E-state index in [-0.39, 0.29) is 24.5 Å². The Morgan fingerprint density at radius 1 is 1.60 bits per heavy atom. The van der Waals surface area contributed by atoms with E-state index in [0.29, 0.717) is 18.9 Å². The van der Waals surface area contributed by atoms with Crippen LogP contribution in [0.15, 0.2) is 0 Å². The van der Waals surface area contributed by atoms with Gasteiger partial charge in [-0.25, -0.2) is 4.79 Å². The first kappa shape index (κ1) is 10.4. The summed E-state index contributed by atoms with van der Waals surface area (Å²) >= 11 is 0. The van der Waals surface area contributed by atoms with E-state index < -0.39 is 6.04 Å². The summed E-state index contributed by atoms with van der Waals surface area (Å²) in [6.45, 7) is 2.64. The summed E-state index contributed by atoms with van der Waals surface area (Å²) in [5.41, 5.74) is 0. The van der Waals surface area contributed by atoms with E-state index in [1.807, 2.05) is 6.92 Å². The van der Waals surface area contributed by atoms with Crippen molar-refractivity contribution in [3.8, 4) is 0 Å². The number of nitrogens with zero attached hydrogens (tertiary/aromatic N) is 1. The van der Waals surface area contributed by atoms with Crippen LogP contribution in [-0.2, 0) is 19.1 Å². The molecular formula is C10H15NO4. The molecule has 0 radical (unpaired) electrons. The van der Waals surface area contributed by atoms with E-state index in [2.05, 4.69) is 0 Å². The van der Waals surface area contributed by atoms with E-state index in [1.165, 1.54) is 7.11 Å². The second-order valence-corrected chi connectivity index (χ2v) is 4.14. The van der Waals surface area contributed by atoms with Gasteiger partial charge >= 0.3 is 5.97 Å². The van der Waals surface area contributed by atoms with Crippen molar-refractivity contribution < 1.29 is 19.1 Å². The largest absolute Gasteiger partial charge is 0.467 e. The molecule has 0 saturated carbocycles. The maximum atomic E-state index is 11.6. The number of morpholine rings is 1. The van der Waals surface area contributed by atoms with Crippen LogP contribution in [0.5, 0.6) is 0 Å². The fourth-order valence-corrected chi connectivity index (χ4v) is 2.42. The second kappa shape index (κ2) is 3.81. The lowest BCUT2D eigenvalue weighted by Crippen LogP contribution is -2.52. The van der Waals surface area contributed by atoms with Gasteiger partial charge in [-0.3, -0.25) is 4.79 Å². The highest BCUT2D eigenvalue weighted by atomic mass is 16.5. The van der Waals surface area contributed by atoms with Gasteiger partial charge in [-0.05, 0) is 12.3 Å². The van der Waals surface area contributed by atoms with E-state index >= 15 is 0 Å². The van der Waals surface area contributed by atoms with Crippen molar-refractivity contribution in [1.29, 1.82) is 0 Å². The molecule has 1 amide bonds. The Hall–Kier alpha value is -1.10. The van der Waals surface area contributed by atoms with Gasteiger partial charge in [0.25, 0.3) is 0 Å². The zero-order valence-corrected chi connectivity index (χ0v) is 8.93. The summed E-state index contributed by atoms with van der Waals surface area (Å²) in [5.74, 6) is -0.135. The highest BCUT2D eigenvalue weighted by Gasteiger charge is 2.47. The Balaban J connectivity index is 2.20. The molecule has 0 spiro atoms. The van der Waals surface area contributed by atoms with Gasteiger partial charge in [-0.15, -0.1) is 0 Å². The zero-order chi connectivity index (χ0) is 11.0. The first-order valence-electron chi connectivity index (χ1n) is 5.12. The van der Waals surface area contributed by atoms with Gasteiger partial charge < -0.3 is 14.4 Å². The van der Waals surface area contributed by atoms with Crippen molar-refractivity contribution >= 4 is 11.9 Å². The van der Waals surface area contributed by atoms with Crippen LogP contribution >= 0.6 is 0 Å². The SMILES string of the molecule is COC(=O)[C@@H]1C[C@@H](C)[C@H]2COCC(=O)N21. The fourth-order valence-electron chi connectivity index (χ4n) is 2.42. The zero-order valence-electron chi connectivity index (χ0n) is 8.93. The summed E-state index contributed by atoms with van der Waals surface area (Å²) in [6, 6.07) is -0.373. The van der Waals surface area contributed by atoms with Crippen LogP contribution < -0.4 is 0 Å². The number of carbonyl (C=O) groups excluding carboxylic acids is 2. The summed E-state index contributed by atoms with van der Waals surface area (Å²) < 4.78 is 9.89. The number of fused-ring (bicyclic) bond motifs is 1. The van der Waals surface area contributed by atoms with Crippen molar-refractivity contribution in [3.63, 3.8) is 0 Å². The van der Waals surface area contributed by atoms with Crippen molar-refractivity contribution in [2.24, 2.45) is 5.92 Å². The summed E-state index contributed by atoms with van der Waals surface area (Å²) in [5, 5.41) is 0. The molecule has 2 saturated heterocycles. The van der Waals surface area contributed by atoms with Gasteiger partial charge in [0.1, 0.15) is 12.6 Å². The molecule has 0 bridgehead atoms. The third kappa shape index (κ3) is 1.61. The van der Waals surface area contributed by atoms with Gasteiger partial charge in [-0.1, -0.05) is 6.92 Å². The lowest BCUT2D eigenvalue weighted by Gasteiger charge is -2.33. The normalized spacial score (nSPS) is 35.2. The Morgan fingerprint density at radius 3 is 3.00 bits per heavy atom. The molecule has 84 valence electrons. The van der Waals surface area contributed by atoms with Gasteiger partial charge in [0, 0.05) is 0 Å². The number of carbonyl (C=O) groups is 2. The lowest BCUT2D eigenvalue weighted by atomic mass is 10.0. The third-order valence-electron chi connectivity index (χ3n) is 3.22. The van der Waals surface area contributed by atoms with Crippen molar-refractivity contribution in [2.45, 2.75) is 25.4 Å². The van der Waals surface area contributed by atoms with E-state index in [1.54, 1.807) is 4.90 Å². The van der Waals surface area contributed by atoms with E-state index in [0.717, 1.165) is 0 Å². The average Bonchev–Trinajstić information content (AvgIpc) is 2.57. The minimum absolute atomic E-state index is 0.0374.